The molecule has 1 unspecified atom stereocenters. The first-order valence-corrected chi connectivity index (χ1v) is 6.47. The van der Waals surface area contributed by atoms with Gasteiger partial charge in [-0.1, -0.05) is 20.8 Å². The van der Waals surface area contributed by atoms with Crippen molar-refractivity contribution in [2.24, 2.45) is 5.41 Å². The van der Waals surface area contributed by atoms with Gasteiger partial charge in [-0.2, -0.15) is 11.3 Å². The fourth-order valence-corrected chi connectivity index (χ4v) is 2.64. The number of nitrogens with one attached hydrogen (secondary N) is 1. The predicted molar refractivity (Wildman–Crippen MR) is 66.2 cm³/mol. The van der Waals surface area contributed by atoms with Gasteiger partial charge in [0.15, 0.2) is 0 Å². The van der Waals surface area contributed by atoms with Gasteiger partial charge in [-0.3, -0.25) is 10.1 Å². The van der Waals surface area contributed by atoms with Gasteiger partial charge in [-0.05, 0) is 27.8 Å². The lowest BCUT2D eigenvalue weighted by Crippen LogP contribution is -2.36. The Morgan fingerprint density at radius 3 is 2.88 bits per heavy atom. The van der Waals surface area contributed by atoms with E-state index in [0.29, 0.717) is 6.54 Å². The molecule has 1 atom stereocenters. The lowest BCUT2D eigenvalue weighted by Gasteiger charge is -2.30. The molecule has 1 aromatic heterocycles. The highest BCUT2D eigenvalue weighted by Crippen LogP contribution is 2.28. The minimum Gasteiger partial charge on any atom is -0.321 e. The average Bonchev–Trinajstić information content (AvgIpc) is 2.75. The number of nitrogens with zero attached hydrogens (tertiary/aromatic N) is 1. The fourth-order valence-electron chi connectivity index (χ4n) is 1.96. The van der Waals surface area contributed by atoms with Crippen molar-refractivity contribution in [2.75, 3.05) is 13.1 Å². The number of carbonyl (C=O) groups is 1. The summed E-state index contributed by atoms with van der Waals surface area (Å²) in [5.74, 6) is 0.200. The van der Waals surface area contributed by atoms with Crippen molar-refractivity contribution in [2.45, 2.75) is 26.9 Å². The molecule has 2 rings (SSSR count). The van der Waals surface area contributed by atoms with Gasteiger partial charge in [-0.25, -0.2) is 0 Å². The lowest BCUT2D eigenvalue weighted by molar-refractivity contribution is -0.129. The van der Waals surface area contributed by atoms with Crippen LogP contribution in [0.4, 0.5) is 0 Å². The molecule has 1 aromatic rings. The summed E-state index contributed by atoms with van der Waals surface area (Å²) in [6.45, 7) is 7.71. The van der Waals surface area contributed by atoms with E-state index in [9.17, 15) is 4.79 Å². The third-order valence-corrected chi connectivity index (χ3v) is 3.28. The summed E-state index contributed by atoms with van der Waals surface area (Å²) in [6, 6.07) is 2.08. The molecule has 88 valence electrons. The summed E-state index contributed by atoms with van der Waals surface area (Å²) < 4.78 is 0. The molecule has 0 spiro atoms. The van der Waals surface area contributed by atoms with Crippen LogP contribution in [0.3, 0.4) is 0 Å². The van der Waals surface area contributed by atoms with E-state index in [-0.39, 0.29) is 17.5 Å². The summed E-state index contributed by atoms with van der Waals surface area (Å²) >= 11 is 1.67. The Kier molecular flexibility index (Phi) is 3.04. The number of carbonyl (C=O) groups excluding carboxylic acids is 1. The monoisotopic (exact) mass is 238 g/mol. The largest absolute Gasteiger partial charge is 0.321 e. The SMILES string of the molecule is CC(C)(C)CN1C(=O)CNC1c1ccsc1. The van der Waals surface area contributed by atoms with E-state index in [1.807, 2.05) is 4.90 Å². The number of hydrogen-bond donors (Lipinski definition) is 1. The van der Waals surface area contributed by atoms with Crippen LogP contribution in [0, 0.1) is 5.41 Å². The van der Waals surface area contributed by atoms with Crippen molar-refractivity contribution in [3.05, 3.63) is 22.4 Å². The third kappa shape index (κ3) is 2.44. The molecule has 0 aliphatic carbocycles. The minimum atomic E-state index is 0.0676. The van der Waals surface area contributed by atoms with Crippen molar-refractivity contribution >= 4 is 17.2 Å². The number of amides is 1. The molecular weight excluding hydrogens is 220 g/mol. The van der Waals surface area contributed by atoms with Crippen LogP contribution in [0.25, 0.3) is 0 Å². The smallest absolute Gasteiger partial charge is 0.238 e. The molecule has 0 radical (unpaired) electrons. The summed E-state index contributed by atoms with van der Waals surface area (Å²) in [7, 11) is 0. The van der Waals surface area contributed by atoms with Crippen LogP contribution in [0.1, 0.15) is 32.5 Å². The van der Waals surface area contributed by atoms with E-state index in [1.165, 1.54) is 5.56 Å². The molecule has 16 heavy (non-hydrogen) atoms. The van der Waals surface area contributed by atoms with E-state index in [4.69, 9.17) is 0 Å². The van der Waals surface area contributed by atoms with Crippen molar-refractivity contribution in [3.63, 3.8) is 0 Å². The molecule has 0 saturated carbocycles. The fraction of sp³-hybridized carbons (Fsp3) is 0.583. The van der Waals surface area contributed by atoms with Gasteiger partial charge < -0.3 is 4.90 Å². The number of rotatable bonds is 2. The van der Waals surface area contributed by atoms with Gasteiger partial charge in [0.1, 0.15) is 6.17 Å². The summed E-state index contributed by atoms with van der Waals surface area (Å²) in [5.41, 5.74) is 1.33. The third-order valence-electron chi connectivity index (χ3n) is 2.58. The number of hydrogen-bond acceptors (Lipinski definition) is 3. The van der Waals surface area contributed by atoms with Crippen LogP contribution in [-0.2, 0) is 4.79 Å². The first-order valence-electron chi connectivity index (χ1n) is 5.52. The van der Waals surface area contributed by atoms with E-state index in [2.05, 4.69) is 42.9 Å². The molecule has 1 N–H and O–H groups in total. The maximum absolute atomic E-state index is 11.8. The molecule has 1 fully saturated rings. The Bertz CT molecular complexity index is 367. The van der Waals surface area contributed by atoms with E-state index in [0.717, 1.165) is 6.54 Å². The standard InChI is InChI=1S/C12H18N2OS/c1-12(2,3)8-14-10(15)6-13-11(14)9-4-5-16-7-9/h4-5,7,11,13H,6,8H2,1-3H3. The highest BCUT2D eigenvalue weighted by atomic mass is 32.1. The van der Waals surface area contributed by atoms with E-state index < -0.39 is 0 Å². The van der Waals surface area contributed by atoms with Crippen LogP contribution in [0.2, 0.25) is 0 Å². The van der Waals surface area contributed by atoms with Crippen molar-refractivity contribution in [1.82, 2.24) is 10.2 Å². The van der Waals surface area contributed by atoms with E-state index >= 15 is 0 Å². The molecule has 2 heterocycles. The predicted octanol–water partition coefficient (Wildman–Crippen LogP) is 2.22. The zero-order chi connectivity index (χ0) is 11.8. The Morgan fingerprint density at radius 2 is 2.31 bits per heavy atom. The average molecular weight is 238 g/mol. The molecule has 3 nitrogen and oxygen atoms in total. The first kappa shape index (κ1) is 11.6. The maximum atomic E-state index is 11.8. The van der Waals surface area contributed by atoms with Gasteiger partial charge >= 0.3 is 0 Å². The van der Waals surface area contributed by atoms with Gasteiger partial charge in [0, 0.05) is 6.54 Å². The highest BCUT2D eigenvalue weighted by Gasteiger charge is 2.34. The first-order chi connectivity index (χ1) is 7.47. The lowest BCUT2D eigenvalue weighted by atomic mass is 9.95. The van der Waals surface area contributed by atoms with Crippen molar-refractivity contribution < 1.29 is 4.79 Å². The molecule has 0 bridgehead atoms. The zero-order valence-corrected chi connectivity index (χ0v) is 10.8. The van der Waals surface area contributed by atoms with Gasteiger partial charge in [0.05, 0.1) is 6.54 Å². The van der Waals surface area contributed by atoms with Crippen LogP contribution in [-0.4, -0.2) is 23.9 Å². The molecule has 4 heteroatoms. The van der Waals surface area contributed by atoms with Crippen molar-refractivity contribution in [1.29, 1.82) is 0 Å². The molecule has 1 saturated heterocycles. The molecule has 1 amide bonds. The summed E-state index contributed by atoms with van der Waals surface area (Å²) in [6.07, 6.45) is 0.0676. The Morgan fingerprint density at radius 1 is 1.56 bits per heavy atom. The van der Waals surface area contributed by atoms with Crippen LogP contribution in [0.15, 0.2) is 16.8 Å². The molecular formula is C12H18N2OS. The Labute approximate surface area is 100 Å². The normalized spacial score (nSPS) is 21.8. The second-order valence-electron chi connectivity index (χ2n) is 5.42. The van der Waals surface area contributed by atoms with Crippen LogP contribution in [0.5, 0.6) is 0 Å². The van der Waals surface area contributed by atoms with Crippen LogP contribution < -0.4 is 5.32 Å². The van der Waals surface area contributed by atoms with Crippen molar-refractivity contribution in [3.8, 4) is 0 Å². The quantitative estimate of drug-likeness (QED) is 0.857. The highest BCUT2D eigenvalue weighted by molar-refractivity contribution is 7.07. The molecule has 0 aromatic carbocycles. The Hall–Kier alpha value is -0.870. The van der Waals surface area contributed by atoms with Gasteiger partial charge in [0.2, 0.25) is 5.91 Å². The van der Waals surface area contributed by atoms with Gasteiger partial charge in [-0.15, -0.1) is 0 Å². The maximum Gasteiger partial charge on any atom is 0.238 e. The minimum absolute atomic E-state index is 0.0676. The zero-order valence-electron chi connectivity index (χ0n) is 9.99. The summed E-state index contributed by atoms with van der Waals surface area (Å²) in [5, 5.41) is 7.42. The Balaban J connectivity index is 2.17. The second kappa shape index (κ2) is 4.18. The van der Waals surface area contributed by atoms with Gasteiger partial charge in [0.25, 0.3) is 0 Å². The number of thiophene rings is 1. The summed E-state index contributed by atoms with van der Waals surface area (Å²) in [4.78, 5) is 13.8. The molecule has 1 aliphatic rings. The topological polar surface area (TPSA) is 32.3 Å². The second-order valence-corrected chi connectivity index (χ2v) is 6.20. The van der Waals surface area contributed by atoms with Crippen LogP contribution >= 0.6 is 11.3 Å². The van der Waals surface area contributed by atoms with E-state index in [1.54, 1.807) is 11.3 Å². The molecule has 1 aliphatic heterocycles.